The van der Waals surface area contributed by atoms with Gasteiger partial charge in [-0.3, -0.25) is 9.78 Å². The van der Waals surface area contributed by atoms with Crippen LogP contribution in [-0.2, 0) is 4.79 Å². The van der Waals surface area contributed by atoms with E-state index in [2.05, 4.69) is 59.7 Å². The normalized spacial score (nSPS) is 18.2. The zero-order valence-electron chi connectivity index (χ0n) is 18.2. The van der Waals surface area contributed by atoms with Crippen molar-refractivity contribution in [3.8, 4) is 16.9 Å². The maximum Gasteiger partial charge on any atom is 0.242 e. The number of likely N-dealkylation sites (tertiary alicyclic amines) is 1. The third-order valence-electron chi connectivity index (χ3n) is 6.86. The Morgan fingerprint density at radius 1 is 1.10 bits per heavy atom. The topological polar surface area (TPSA) is 54.5 Å². The van der Waals surface area contributed by atoms with Crippen LogP contribution in [0.4, 0.5) is 0 Å². The molecule has 0 radical (unpaired) electrons. The maximum atomic E-state index is 12.7. The molecule has 31 heavy (non-hydrogen) atoms. The van der Waals surface area contributed by atoms with E-state index in [1.807, 2.05) is 24.2 Å². The Balaban J connectivity index is 1.23. The van der Waals surface area contributed by atoms with Gasteiger partial charge in [-0.1, -0.05) is 30.3 Å². The molecule has 1 aliphatic heterocycles. The number of carbonyl (C=O) groups excluding carboxylic acids is 1. The molecule has 0 unspecified atom stereocenters. The average molecular weight is 416 g/mol. The lowest BCUT2D eigenvalue weighted by molar-refractivity contribution is -0.136. The number of nitrogens with one attached hydrogen (secondary N) is 1. The molecule has 5 heteroatoms. The Kier molecular flexibility index (Phi) is 5.14. The van der Waals surface area contributed by atoms with Gasteiger partial charge in [0.15, 0.2) is 0 Å². The number of rotatable bonds is 5. The fourth-order valence-electron chi connectivity index (χ4n) is 4.68. The Labute approximate surface area is 183 Å². The molecule has 1 aliphatic carbocycles. The summed E-state index contributed by atoms with van der Waals surface area (Å²) in [6.07, 6.45) is 5.67. The minimum Gasteiger partial charge on any atom is -0.490 e. The first-order valence-electron chi connectivity index (χ1n) is 11.2. The van der Waals surface area contributed by atoms with Gasteiger partial charge in [-0.25, -0.2) is 0 Å². The number of amides is 1. The molecular weight excluding hydrogens is 386 g/mol. The monoisotopic (exact) mass is 415 g/mol. The van der Waals surface area contributed by atoms with Gasteiger partial charge in [0.05, 0.1) is 11.1 Å². The van der Waals surface area contributed by atoms with Crippen molar-refractivity contribution >= 4 is 16.8 Å². The molecule has 0 atom stereocenters. The van der Waals surface area contributed by atoms with Gasteiger partial charge in [-0.15, -0.1) is 0 Å². The van der Waals surface area contributed by atoms with Crippen LogP contribution in [-0.4, -0.2) is 47.6 Å². The SMILES string of the molecule is CNC1(C(=O)N2CCC(Oc3ccc(-c4ccc5cccnc5c4C)cc3)CC2)CC1. The number of aryl methyl sites for hydroxylation is 1. The van der Waals surface area contributed by atoms with Gasteiger partial charge in [-0.2, -0.15) is 0 Å². The lowest BCUT2D eigenvalue weighted by atomic mass is 9.98. The van der Waals surface area contributed by atoms with Crippen LogP contribution in [0.2, 0.25) is 0 Å². The summed E-state index contributed by atoms with van der Waals surface area (Å²) in [6, 6.07) is 16.7. The summed E-state index contributed by atoms with van der Waals surface area (Å²) in [5.41, 5.74) is 4.33. The van der Waals surface area contributed by atoms with E-state index >= 15 is 0 Å². The predicted octanol–water partition coefficient (Wildman–Crippen LogP) is 4.33. The highest BCUT2D eigenvalue weighted by atomic mass is 16.5. The molecule has 2 aromatic carbocycles. The molecular formula is C26H29N3O2. The van der Waals surface area contributed by atoms with Crippen LogP contribution in [0.1, 0.15) is 31.2 Å². The fraction of sp³-hybridized carbons (Fsp3) is 0.385. The van der Waals surface area contributed by atoms with E-state index in [-0.39, 0.29) is 17.6 Å². The summed E-state index contributed by atoms with van der Waals surface area (Å²) in [6.45, 7) is 3.67. The third-order valence-corrected chi connectivity index (χ3v) is 6.86. The fourth-order valence-corrected chi connectivity index (χ4v) is 4.68. The molecule has 5 nitrogen and oxygen atoms in total. The summed E-state index contributed by atoms with van der Waals surface area (Å²) in [4.78, 5) is 19.2. The summed E-state index contributed by atoms with van der Waals surface area (Å²) in [7, 11) is 1.89. The largest absolute Gasteiger partial charge is 0.490 e. The minimum atomic E-state index is -0.278. The van der Waals surface area contributed by atoms with E-state index in [0.29, 0.717) is 0 Å². The lowest BCUT2D eigenvalue weighted by Crippen LogP contribution is -2.51. The van der Waals surface area contributed by atoms with Gasteiger partial charge >= 0.3 is 0 Å². The molecule has 5 rings (SSSR count). The highest BCUT2D eigenvalue weighted by molar-refractivity contribution is 5.89. The molecule has 1 aromatic heterocycles. The zero-order chi connectivity index (χ0) is 21.4. The smallest absolute Gasteiger partial charge is 0.242 e. The van der Waals surface area contributed by atoms with Crippen LogP contribution in [0, 0.1) is 6.92 Å². The van der Waals surface area contributed by atoms with Gasteiger partial charge in [-0.05, 0) is 61.7 Å². The second-order valence-corrected chi connectivity index (χ2v) is 8.78. The number of likely N-dealkylation sites (N-methyl/N-ethyl adjacent to an activating group) is 1. The van der Waals surface area contributed by atoms with E-state index in [9.17, 15) is 4.79 Å². The van der Waals surface area contributed by atoms with Crippen molar-refractivity contribution in [2.75, 3.05) is 20.1 Å². The number of hydrogen-bond acceptors (Lipinski definition) is 4. The number of carbonyl (C=O) groups is 1. The van der Waals surface area contributed by atoms with Crippen LogP contribution in [0.25, 0.3) is 22.0 Å². The molecule has 1 saturated heterocycles. The van der Waals surface area contributed by atoms with E-state index in [4.69, 9.17) is 4.74 Å². The second-order valence-electron chi connectivity index (χ2n) is 8.78. The van der Waals surface area contributed by atoms with Crippen molar-refractivity contribution in [1.82, 2.24) is 15.2 Å². The van der Waals surface area contributed by atoms with Crippen molar-refractivity contribution in [3.05, 3.63) is 60.3 Å². The van der Waals surface area contributed by atoms with Gasteiger partial charge < -0.3 is 15.0 Å². The van der Waals surface area contributed by atoms with Crippen LogP contribution >= 0.6 is 0 Å². The average Bonchev–Trinajstić information content (AvgIpc) is 3.62. The van der Waals surface area contributed by atoms with E-state index in [1.165, 1.54) is 16.7 Å². The van der Waals surface area contributed by atoms with Crippen LogP contribution in [0.5, 0.6) is 5.75 Å². The number of pyridine rings is 1. The number of nitrogens with zero attached hydrogens (tertiary/aromatic N) is 2. The van der Waals surface area contributed by atoms with Crippen molar-refractivity contribution < 1.29 is 9.53 Å². The van der Waals surface area contributed by atoms with Gasteiger partial charge in [0.25, 0.3) is 0 Å². The maximum absolute atomic E-state index is 12.7. The first kappa shape index (κ1) is 20.0. The zero-order valence-corrected chi connectivity index (χ0v) is 18.2. The number of piperidine rings is 1. The Morgan fingerprint density at radius 2 is 1.84 bits per heavy atom. The lowest BCUT2D eigenvalue weighted by Gasteiger charge is -2.34. The van der Waals surface area contributed by atoms with E-state index < -0.39 is 0 Å². The van der Waals surface area contributed by atoms with Gasteiger partial charge in [0.1, 0.15) is 11.9 Å². The third kappa shape index (κ3) is 3.79. The van der Waals surface area contributed by atoms with Crippen molar-refractivity contribution in [2.24, 2.45) is 0 Å². The molecule has 2 heterocycles. The molecule has 0 bridgehead atoms. The van der Waals surface area contributed by atoms with E-state index in [1.54, 1.807) is 0 Å². The van der Waals surface area contributed by atoms with Gasteiger partial charge in [0.2, 0.25) is 5.91 Å². The number of fused-ring (bicyclic) bond motifs is 1. The van der Waals surface area contributed by atoms with Crippen molar-refractivity contribution in [1.29, 1.82) is 0 Å². The number of aromatic nitrogens is 1. The Hall–Kier alpha value is -2.92. The second kappa shape index (κ2) is 7.97. The van der Waals surface area contributed by atoms with E-state index in [0.717, 1.165) is 55.4 Å². The minimum absolute atomic E-state index is 0.159. The number of benzene rings is 2. The summed E-state index contributed by atoms with van der Waals surface area (Å²) in [5, 5.41) is 4.37. The summed E-state index contributed by atoms with van der Waals surface area (Å²) < 4.78 is 6.24. The quantitative estimate of drug-likeness (QED) is 0.674. The summed E-state index contributed by atoms with van der Waals surface area (Å²) in [5.74, 6) is 1.15. The molecule has 1 amide bonds. The number of hydrogen-bond donors (Lipinski definition) is 1. The van der Waals surface area contributed by atoms with Gasteiger partial charge in [0, 0.05) is 37.5 Å². The first-order chi connectivity index (χ1) is 15.1. The molecule has 2 aliphatic rings. The summed E-state index contributed by atoms with van der Waals surface area (Å²) >= 11 is 0. The Bertz CT molecular complexity index is 1100. The molecule has 2 fully saturated rings. The standard InChI is InChI=1S/C26H29N3O2/c1-18-23(10-7-20-4-3-15-28-24(18)20)19-5-8-21(9-6-19)31-22-11-16-29(17-12-22)25(30)26(27-2)13-14-26/h3-10,15,22,27H,11-14,16-17H2,1-2H3. The highest BCUT2D eigenvalue weighted by Gasteiger charge is 2.50. The van der Waals surface area contributed by atoms with Crippen molar-refractivity contribution in [2.45, 2.75) is 44.2 Å². The number of ether oxygens (including phenoxy) is 1. The first-order valence-corrected chi connectivity index (χ1v) is 11.2. The molecule has 1 saturated carbocycles. The molecule has 0 spiro atoms. The predicted molar refractivity (Wildman–Crippen MR) is 123 cm³/mol. The molecule has 160 valence electrons. The highest BCUT2D eigenvalue weighted by Crippen LogP contribution is 2.37. The van der Waals surface area contributed by atoms with Crippen LogP contribution < -0.4 is 10.1 Å². The van der Waals surface area contributed by atoms with Crippen molar-refractivity contribution in [3.63, 3.8) is 0 Å². The van der Waals surface area contributed by atoms with Crippen LogP contribution in [0.15, 0.2) is 54.7 Å². The molecule has 1 N–H and O–H groups in total. The molecule has 3 aromatic rings. The Morgan fingerprint density at radius 3 is 2.52 bits per heavy atom. The van der Waals surface area contributed by atoms with Crippen LogP contribution in [0.3, 0.4) is 0 Å².